The molecule has 102 valence electrons. The highest BCUT2D eigenvalue weighted by Crippen LogP contribution is 2.27. The van der Waals surface area contributed by atoms with Gasteiger partial charge in [-0.25, -0.2) is 9.37 Å². The second kappa shape index (κ2) is 6.30. The zero-order chi connectivity index (χ0) is 13.8. The summed E-state index contributed by atoms with van der Waals surface area (Å²) in [6.07, 6.45) is 1.35. The Labute approximate surface area is 120 Å². The van der Waals surface area contributed by atoms with Gasteiger partial charge >= 0.3 is 0 Å². The first kappa shape index (κ1) is 14.2. The number of halogens is 2. The van der Waals surface area contributed by atoms with Gasteiger partial charge in [0.05, 0.1) is 5.56 Å². The molecule has 0 unspecified atom stereocenters. The van der Waals surface area contributed by atoms with E-state index in [4.69, 9.17) is 4.42 Å². The highest BCUT2D eigenvalue weighted by Gasteiger charge is 2.14. The molecule has 1 aromatic heterocycles. The molecule has 0 aliphatic heterocycles. The van der Waals surface area contributed by atoms with Crippen LogP contribution in [0, 0.1) is 11.7 Å². The largest absolute Gasteiger partial charge is 0.443 e. The summed E-state index contributed by atoms with van der Waals surface area (Å²) in [6.45, 7) is 5.71. The number of rotatable bonds is 5. The summed E-state index contributed by atoms with van der Waals surface area (Å²) in [7, 11) is 0. The molecule has 0 fully saturated rings. The van der Waals surface area contributed by atoms with E-state index in [9.17, 15) is 4.39 Å². The fraction of sp³-hybridized carbons (Fsp3) is 0.357. The average molecular weight is 327 g/mol. The second-order valence-corrected chi connectivity index (χ2v) is 5.69. The Morgan fingerprint density at radius 1 is 1.42 bits per heavy atom. The van der Waals surface area contributed by atoms with Gasteiger partial charge in [0.15, 0.2) is 12.2 Å². The van der Waals surface area contributed by atoms with E-state index in [0.717, 1.165) is 12.2 Å². The molecular weight excluding hydrogens is 311 g/mol. The molecular formula is C14H16BrFN2O. The van der Waals surface area contributed by atoms with Crippen LogP contribution in [0.4, 0.5) is 4.39 Å². The lowest BCUT2D eigenvalue weighted by molar-refractivity contribution is 0.542. The van der Waals surface area contributed by atoms with Crippen molar-refractivity contribution in [2.24, 2.45) is 5.92 Å². The number of nitrogens with zero attached hydrogens (tertiary/aromatic N) is 1. The van der Waals surface area contributed by atoms with Crippen LogP contribution in [0.5, 0.6) is 0 Å². The van der Waals surface area contributed by atoms with Gasteiger partial charge in [0.1, 0.15) is 11.5 Å². The lowest BCUT2D eigenvalue weighted by Crippen LogP contribution is -2.19. The monoisotopic (exact) mass is 326 g/mol. The lowest BCUT2D eigenvalue weighted by atomic mass is 10.1. The molecule has 19 heavy (non-hydrogen) atoms. The van der Waals surface area contributed by atoms with E-state index >= 15 is 0 Å². The van der Waals surface area contributed by atoms with Crippen LogP contribution in [0.2, 0.25) is 0 Å². The van der Waals surface area contributed by atoms with E-state index < -0.39 is 0 Å². The summed E-state index contributed by atoms with van der Waals surface area (Å²) >= 11 is 3.24. The maximum Gasteiger partial charge on any atom is 0.181 e. The quantitative estimate of drug-likeness (QED) is 0.902. The Kier molecular flexibility index (Phi) is 4.71. The molecule has 3 nitrogen and oxygen atoms in total. The third-order valence-electron chi connectivity index (χ3n) is 2.66. The Hall–Kier alpha value is -1.20. The first-order valence-corrected chi connectivity index (χ1v) is 6.95. The van der Waals surface area contributed by atoms with Crippen molar-refractivity contribution in [2.75, 3.05) is 6.54 Å². The molecule has 1 N–H and O–H groups in total. The van der Waals surface area contributed by atoms with E-state index in [2.05, 4.69) is 40.1 Å². The van der Waals surface area contributed by atoms with Crippen molar-refractivity contribution >= 4 is 15.9 Å². The molecule has 0 bridgehead atoms. The van der Waals surface area contributed by atoms with Gasteiger partial charge in [0.25, 0.3) is 0 Å². The van der Waals surface area contributed by atoms with Crippen LogP contribution in [0.1, 0.15) is 19.5 Å². The van der Waals surface area contributed by atoms with Gasteiger partial charge in [-0.1, -0.05) is 29.8 Å². The Morgan fingerprint density at radius 3 is 2.89 bits per heavy atom. The fourth-order valence-corrected chi connectivity index (χ4v) is 2.10. The third-order valence-corrected chi connectivity index (χ3v) is 3.16. The summed E-state index contributed by atoms with van der Waals surface area (Å²) in [5, 5.41) is 3.27. The van der Waals surface area contributed by atoms with E-state index in [1.54, 1.807) is 12.1 Å². The van der Waals surface area contributed by atoms with Crippen molar-refractivity contribution in [3.63, 3.8) is 0 Å². The Bertz CT molecular complexity index is 554. The number of hydrogen-bond acceptors (Lipinski definition) is 3. The smallest absolute Gasteiger partial charge is 0.181 e. The predicted molar refractivity (Wildman–Crippen MR) is 76.1 cm³/mol. The van der Waals surface area contributed by atoms with Gasteiger partial charge in [0.2, 0.25) is 0 Å². The highest BCUT2D eigenvalue weighted by atomic mass is 79.9. The van der Waals surface area contributed by atoms with Crippen LogP contribution >= 0.6 is 15.9 Å². The molecule has 1 aromatic carbocycles. The molecule has 5 heteroatoms. The molecule has 2 rings (SSSR count). The first-order valence-electron chi connectivity index (χ1n) is 6.16. The van der Waals surface area contributed by atoms with E-state index in [1.165, 1.54) is 12.5 Å². The first-order chi connectivity index (χ1) is 9.08. The predicted octanol–water partition coefficient (Wildman–Crippen LogP) is 3.99. The number of hydrogen-bond donors (Lipinski definition) is 1. The van der Waals surface area contributed by atoms with Crippen molar-refractivity contribution in [1.29, 1.82) is 0 Å². The molecule has 0 aliphatic rings. The lowest BCUT2D eigenvalue weighted by Gasteiger charge is -2.07. The van der Waals surface area contributed by atoms with Crippen LogP contribution in [-0.2, 0) is 6.54 Å². The molecule has 2 aromatic rings. The summed E-state index contributed by atoms with van der Waals surface area (Å²) in [6, 6.07) is 4.89. The van der Waals surface area contributed by atoms with Crippen LogP contribution in [0.3, 0.4) is 0 Å². The molecule has 0 radical (unpaired) electrons. The number of oxazole rings is 1. The van der Waals surface area contributed by atoms with Crippen LogP contribution in [0.15, 0.2) is 33.5 Å². The van der Waals surface area contributed by atoms with Crippen molar-refractivity contribution in [3.05, 3.63) is 40.6 Å². The molecule has 1 heterocycles. The van der Waals surface area contributed by atoms with E-state index in [0.29, 0.717) is 28.3 Å². The Balaban J connectivity index is 2.19. The minimum Gasteiger partial charge on any atom is -0.443 e. The molecule has 0 saturated heterocycles. The summed E-state index contributed by atoms with van der Waals surface area (Å²) in [4.78, 5) is 4.15. The maximum atomic E-state index is 13.9. The molecule has 0 saturated carbocycles. The Morgan fingerprint density at radius 2 is 2.21 bits per heavy atom. The zero-order valence-electron chi connectivity index (χ0n) is 10.9. The standard InChI is InChI=1S/C14H16BrFN2O/c1-9(2)6-17-7-13-14(19-8-18-13)11-4-3-10(15)5-12(11)16/h3-5,8-9,17H,6-7H2,1-2H3. The highest BCUT2D eigenvalue weighted by molar-refractivity contribution is 9.10. The van der Waals surface area contributed by atoms with E-state index in [-0.39, 0.29) is 5.82 Å². The van der Waals surface area contributed by atoms with Crippen molar-refractivity contribution in [2.45, 2.75) is 20.4 Å². The van der Waals surface area contributed by atoms with Crippen molar-refractivity contribution in [1.82, 2.24) is 10.3 Å². The summed E-state index contributed by atoms with van der Waals surface area (Å²) in [5.74, 6) is 0.720. The van der Waals surface area contributed by atoms with E-state index in [1.807, 2.05) is 0 Å². The van der Waals surface area contributed by atoms with Gasteiger partial charge in [0, 0.05) is 11.0 Å². The molecule has 0 amide bonds. The maximum absolute atomic E-state index is 13.9. The van der Waals surface area contributed by atoms with Gasteiger partial charge in [-0.2, -0.15) is 0 Å². The normalized spacial score (nSPS) is 11.2. The zero-order valence-corrected chi connectivity index (χ0v) is 12.5. The van der Waals surface area contributed by atoms with Gasteiger partial charge in [-0.3, -0.25) is 0 Å². The average Bonchev–Trinajstić information content (AvgIpc) is 2.77. The number of nitrogens with one attached hydrogen (secondary N) is 1. The van der Waals surface area contributed by atoms with Gasteiger partial charge < -0.3 is 9.73 Å². The molecule has 0 spiro atoms. The van der Waals surface area contributed by atoms with Crippen LogP contribution < -0.4 is 5.32 Å². The third kappa shape index (κ3) is 3.64. The SMILES string of the molecule is CC(C)CNCc1ncoc1-c1ccc(Br)cc1F. The summed E-state index contributed by atoms with van der Waals surface area (Å²) < 4.78 is 19.9. The summed E-state index contributed by atoms with van der Waals surface area (Å²) in [5.41, 5.74) is 1.16. The van der Waals surface area contributed by atoms with Gasteiger partial charge in [-0.05, 0) is 30.7 Å². The van der Waals surface area contributed by atoms with Gasteiger partial charge in [-0.15, -0.1) is 0 Å². The topological polar surface area (TPSA) is 38.1 Å². The number of benzene rings is 1. The van der Waals surface area contributed by atoms with Crippen LogP contribution in [0.25, 0.3) is 11.3 Å². The van der Waals surface area contributed by atoms with Crippen molar-refractivity contribution < 1.29 is 8.81 Å². The second-order valence-electron chi connectivity index (χ2n) is 4.78. The molecule has 0 aliphatic carbocycles. The fourth-order valence-electron chi connectivity index (χ4n) is 1.77. The minimum atomic E-state index is -0.323. The number of aromatic nitrogens is 1. The minimum absolute atomic E-state index is 0.323. The van der Waals surface area contributed by atoms with Crippen molar-refractivity contribution in [3.8, 4) is 11.3 Å². The molecule has 0 atom stereocenters. The van der Waals surface area contributed by atoms with Crippen LogP contribution in [-0.4, -0.2) is 11.5 Å².